The maximum absolute atomic E-state index is 11.9. The predicted molar refractivity (Wildman–Crippen MR) is 79.1 cm³/mol. The molecular formula is C15H16ClN3O. The summed E-state index contributed by atoms with van der Waals surface area (Å²) in [7, 11) is 0. The second-order valence-corrected chi connectivity index (χ2v) is 5.11. The Balaban J connectivity index is 2.24. The Morgan fingerprint density at radius 1 is 1.35 bits per heavy atom. The fourth-order valence-corrected chi connectivity index (χ4v) is 2.09. The Kier molecular flexibility index (Phi) is 4.37. The quantitative estimate of drug-likeness (QED) is 0.887. The lowest BCUT2D eigenvalue weighted by molar-refractivity contribution is -0.124. The third-order valence-electron chi connectivity index (χ3n) is 3.24. The molecule has 0 saturated carbocycles. The van der Waals surface area contributed by atoms with Crippen molar-refractivity contribution in [3.8, 4) is 0 Å². The van der Waals surface area contributed by atoms with E-state index in [1.165, 1.54) is 0 Å². The number of halogens is 1. The van der Waals surface area contributed by atoms with Gasteiger partial charge >= 0.3 is 0 Å². The van der Waals surface area contributed by atoms with Crippen LogP contribution in [-0.2, 0) is 16.9 Å². The number of aromatic nitrogens is 1. The molecule has 0 aliphatic carbocycles. The number of pyridine rings is 1. The van der Waals surface area contributed by atoms with Gasteiger partial charge in [-0.2, -0.15) is 0 Å². The van der Waals surface area contributed by atoms with Crippen LogP contribution < -0.4 is 11.1 Å². The molecular weight excluding hydrogens is 274 g/mol. The molecule has 0 spiro atoms. The van der Waals surface area contributed by atoms with Gasteiger partial charge < -0.3 is 5.73 Å². The molecule has 2 rings (SSSR count). The lowest BCUT2D eigenvalue weighted by atomic mass is 9.91. The van der Waals surface area contributed by atoms with Gasteiger partial charge in [0.2, 0.25) is 5.91 Å². The number of nitrogens with one attached hydrogen (secondary N) is 1. The van der Waals surface area contributed by atoms with Crippen LogP contribution in [0.3, 0.4) is 0 Å². The molecule has 104 valence electrons. The lowest BCUT2D eigenvalue weighted by Crippen LogP contribution is -2.50. The Morgan fingerprint density at radius 3 is 2.75 bits per heavy atom. The van der Waals surface area contributed by atoms with E-state index in [2.05, 4.69) is 10.3 Å². The minimum atomic E-state index is -0.998. The zero-order valence-electron chi connectivity index (χ0n) is 11.1. The number of amides is 1. The Hall–Kier alpha value is -1.91. The second kappa shape index (κ2) is 6.03. The number of primary amides is 1. The van der Waals surface area contributed by atoms with Crippen LogP contribution in [0.25, 0.3) is 0 Å². The van der Waals surface area contributed by atoms with Crippen molar-refractivity contribution in [2.45, 2.75) is 19.0 Å². The number of hydrogen-bond donors (Lipinski definition) is 2. The van der Waals surface area contributed by atoms with Gasteiger partial charge in [0.1, 0.15) is 5.54 Å². The summed E-state index contributed by atoms with van der Waals surface area (Å²) >= 11 is 5.98. The van der Waals surface area contributed by atoms with Gasteiger partial charge in [-0.3, -0.25) is 15.1 Å². The number of carbonyl (C=O) groups is 1. The van der Waals surface area contributed by atoms with Gasteiger partial charge in [-0.1, -0.05) is 29.8 Å². The van der Waals surface area contributed by atoms with E-state index in [0.717, 1.165) is 11.3 Å². The van der Waals surface area contributed by atoms with Gasteiger partial charge in [-0.25, -0.2) is 0 Å². The third kappa shape index (κ3) is 3.15. The van der Waals surface area contributed by atoms with Crippen LogP contribution in [0.15, 0.2) is 48.7 Å². The van der Waals surface area contributed by atoms with Crippen molar-refractivity contribution >= 4 is 17.5 Å². The minimum absolute atomic E-state index is 0.437. The highest BCUT2D eigenvalue weighted by Gasteiger charge is 2.32. The van der Waals surface area contributed by atoms with E-state index in [1.54, 1.807) is 31.3 Å². The summed E-state index contributed by atoms with van der Waals surface area (Å²) in [6, 6.07) is 12.7. The van der Waals surface area contributed by atoms with Crippen LogP contribution in [0.4, 0.5) is 0 Å². The van der Waals surface area contributed by atoms with Gasteiger partial charge in [0.25, 0.3) is 0 Å². The Bertz CT molecular complexity index is 603. The van der Waals surface area contributed by atoms with E-state index in [-0.39, 0.29) is 0 Å². The average molecular weight is 290 g/mol. The van der Waals surface area contributed by atoms with Crippen molar-refractivity contribution in [1.82, 2.24) is 10.3 Å². The molecule has 0 fully saturated rings. The Morgan fingerprint density at radius 2 is 2.15 bits per heavy atom. The molecule has 0 unspecified atom stereocenters. The normalized spacial score (nSPS) is 13.7. The maximum Gasteiger partial charge on any atom is 0.242 e. The van der Waals surface area contributed by atoms with E-state index in [9.17, 15) is 4.79 Å². The summed E-state index contributed by atoms with van der Waals surface area (Å²) in [6.07, 6.45) is 1.71. The molecule has 0 saturated heterocycles. The first-order valence-corrected chi connectivity index (χ1v) is 6.61. The van der Waals surface area contributed by atoms with Crippen LogP contribution in [0.1, 0.15) is 18.2 Å². The lowest BCUT2D eigenvalue weighted by Gasteiger charge is -2.28. The zero-order chi connectivity index (χ0) is 14.6. The summed E-state index contributed by atoms with van der Waals surface area (Å²) in [5, 5.41) is 3.72. The fourth-order valence-electron chi connectivity index (χ4n) is 1.90. The molecule has 0 aliphatic rings. The highest BCUT2D eigenvalue weighted by atomic mass is 35.5. The summed E-state index contributed by atoms with van der Waals surface area (Å²) in [5.41, 5.74) is 6.12. The first kappa shape index (κ1) is 14.5. The topological polar surface area (TPSA) is 68.0 Å². The predicted octanol–water partition coefficient (Wildman–Crippen LogP) is 2.23. The van der Waals surface area contributed by atoms with Crippen molar-refractivity contribution in [2.24, 2.45) is 5.73 Å². The van der Waals surface area contributed by atoms with Crippen LogP contribution in [0, 0.1) is 0 Å². The number of carbonyl (C=O) groups excluding carboxylic acids is 1. The van der Waals surface area contributed by atoms with Crippen molar-refractivity contribution in [1.29, 1.82) is 0 Å². The van der Waals surface area contributed by atoms with Crippen molar-refractivity contribution in [2.75, 3.05) is 0 Å². The first-order chi connectivity index (χ1) is 9.52. The van der Waals surface area contributed by atoms with E-state index in [0.29, 0.717) is 11.6 Å². The number of rotatable bonds is 5. The fraction of sp³-hybridized carbons (Fsp3) is 0.200. The van der Waals surface area contributed by atoms with Crippen LogP contribution in [0.2, 0.25) is 5.02 Å². The molecule has 1 amide bonds. The standard InChI is InChI=1S/C15H16ClN3O/c1-15(14(17)20,11-5-4-6-12(16)9-11)19-10-13-7-2-3-8-18-13/h2-9,19H,10H2,1H3,(H2,17,20)/t15-/m0/s1. The monoisotopic (exact) mass is 289 g/mol. The maximum atomic E-state index is 11.9. The van der Waals surface area contributed by atoms with Gasteiger partial charge in [-0.05, 0) is 36.8 Å². The smallest absolute Gasteiger partial charge is 0.242 e. The molecule has 0 aliphatic heterocycles. The highest BCUT2D eigenvalue weighted by molar-refractivity contribution is 6.30. The molecule has 3 N–H and O–H groups in total. The molecule has 5 heteroatoms. The van der Waals surface area contributed by atoms with E-state index < -0.39 is 11.4 Å². The SMILES string of the molecule is C[C@@](NCc1ccccn1)(C(N)=O)c1cccc(Cl)c1. The molecule has 1 atom stereocenters. The molecule has 2 aromatic rings. The Labute approximate surface area is 123 Å². The summed E-state index contributed by atoms with van der Waals surface area (Å²) in [6.45, 7) is 2.18. The molecule has 20 heavy (non-hydrogen) atoms. The van der Waals surface area contributed by atoms with E-state index in [4.69, 9.17) is 17.3 Å². The van der Waals surface area contributed by atoms with Gasteiger partial charge in [0.15, 0.2) is 0 Å². The largest absolute Gasteiger partial charge is 0.368 e. The van der Waals surface area contributed by atoms with Gasteiger partial charge in [0, 0.05) is 17.8 Å². The van der Waals surface area contributed by atoms with Crippen LogP contribution in [0.5, 0.6) is 0 Å². The molecule has 4 nitrogen and oxygen atoms in total. The number of hydrogen-bond acceptors (Lipinski definition) is 3. The molecule has 1 aromatic carbocycles. The van der Waals surface area contributed by atoms with Crippen molar-refractivity contribution in [3.63, 3.8) is 0 Å². The third-order valence-corrected chi connectivity index (χ3v) is 3.48. The van der Waals surface area contributed by atoms with Crippen LogP contribution >= 0.6 is 11.6 Å². The van der Waals surface area contributed by atoms with Crippen molar-refractivity contribution in [3.05, 3.63) is 64.9 Å². The van der Waals surface area contributed by atoms with Gasteiger partial charge in [-0.15, -0.1) is 0 Å². The number of benzene rings is 1. The van der Waals surface area contributed by atoms with Crippen LogP contribution in [-0.4, -0.2) is 10.9 Å². The zero-order valence-corrected chi connectivity index (χ0v) is 11.9. The van der Waals surface area contributed by atoms with Gasteiger partial charge in [0.05, 0.1) is 5.69 Å². The number of nitrogens with zero attached hydrogens (tertiary/aromatic N) is 1. The second-order valence-electron chi connectivity index (χ2n) is 4.67. The molecule has 1 heterocycles. The summed E-state index contributed by atoms with van der Waals surface area (Å²) in [4.78, 5) is 16.1. The van der Waals surface area contributed by atoms with E-state index >= 15 is 0 Å². The highest BCUT2D eigenvalue weighted by Crippen LogP contribution is 2.23. The minimum Gasteiger partial charge on any atom is -0.368 e. The first-order valence-electron chi connectivity index (χ1n) is 6.23. The average Bonchev–Trinajstić information content (AvgIpc) is 2.45. The molecule has 0 bridgehead atoms. The molecule has 1 aromatic heterocycles. The van der Waals surface area contributed by atoms with Crippen molar-refractivity contribution < 1.29 is 4.79 Å². The number of nitrogens with two attached hydrogens (primary N) is 1. The summed E-state index contributed by atoms with van der Waals surface area (Å²) < 4.78 is 0. The van der Waals surface area contributed by atoms with E-state index in [1.807, 2.05) is 24.3 Å². The summed E-state index contributed by atoms with van der Waals surface area (Å²) in [5.74, 6) is -0.462. The molecule has 0 radical (unpaired) electrons.